The lowest BCUT2D eigenvalue weighted by Gasteiger charge is -2.23. The minimum atomic E-state index is 0.0183. The molecule has 1 aliphatic rings. The second kappa shape index (κ2) is 5.12. The van der Waals surface area contributed by atoms with E-state index in [0.29, 0.717) is 0 Å². The van der Waals surface area contributed by atoms with Crippen molar-refractivity contribution in [3.8, 4) is 0 Å². The molecule has 1 aromatic heterocycles. The van der Waals surface area contributed by atoms with Crippen LogP contribution in [0.2, 0.25) is 0 Å². The molecule has 4 heteroatoms. The van der Waals surface area contributed by atoms with Gasteiger partial charge < -0.3 is 9.88 Å². The van der Waals surface area contributed by atoms with Gasteiger partial charge in [0.1, 0.15) is 5.82 Å². The molecule has 1 aromatic carbocycles. The number of imidazole rings is 1. The average molecular weight is 269 g/mol. The van der Waals surface area contributed by atoms with Crippen LogP contribution in [0.4, 0.5) is 5.69 Å². The average Bonchev–Trinajstić information content (AvgIpc) is 2.90. The number of benzene rings is 1. The number of aryl methyl sites for hydroxylation is 3. The highest BCUT2D eigenvalue weighted by Crippen LogP contribution is 2.22. The van der Waals surface area contributed by atoms with Crippen LogP contribution in [0.15, 0.2) is 30.6 Å². The fraction of sp³-hybridized carbons (Fsp3) is 0.375. The number of hydrogen-bond donors (Lipinski definition) is 1. The Labute approximate surface area is 118 Å². The smallest absolute Gasteiger partial charge is 0.228 e. The number of nitrogens with zero attached hydrogens (tertiary/aromatic N) is 2. The lowest BCUT2D eigenvalue weighted by Crippen LogP contribution is -2.30. The molecule has 0 saturated carbocycles. The first-order valence-corrected chi connectivity index (χ1v) is 7.01. The normalized spacial score (nSPS) is 17.6. The summed E-state index contributed by atoms with van der Waals surface area (Å²) >= 11 is 0. The van der Waals surface area contributed by atoms with Gasteiger partial charge in [-0.15, -0.1) is 0 Å². The van der Waals surface area contributed by atoms with E-state index >= 15 is 0 Å². The topological polar surface area (TPSA) is 46.9 Å². The maximum atomic E-state index is 12.4. The molecule has 4 nitrogen and oxygen atoms in total. The first-order valence-electron chi connectivity index (χ1n) is 7.01. The van der Waals surface area contributed by atoms with Gasteiger partial charge in [0.2, 0.25) is 5.91 Å². The molecular formula is C16H19N3O. The Morgan fingerprint density at radius 3 is 3.10 bits per heavy atom. The Morgan fingerprint density at radius 1 is 1.40 bits per heavy atom. The number of aromatic nitrogens is 2. The molecule has 0 radical (unpaired) electrons. The van der Waals surface area contributed by atoms with Gasteiger partial charge in [-0.05, 0) is 37.5 Å². The highest BCUT2D eigenvalue weighted by molar-refractivity contribution is 5.93. The predicted octanol–water partition coefficient (Wildman–Crippen LogP) is 2.70. The summed E-state index contributed by atoms with van der Waals surface area (Å²) in [5.74, 6) is 1.13. The van der Waals surface area contributed by atoms with E-state index in [1.807, 2.05) is 32.2 Å². The predicted molar refractivity (Wildman–Crippen MR) is 78.6 cm³/mol. The molecule has 104 valence electrons. The molecule has 0 bridgehead atoms. The van der Waals surface area contributed by atoms with Gasteiger partial charge in [0.15, 0.2) is 0 Å². The summed E-state index contributed by atoms with van der Waals surface area (Å²) in [7, 11) is 0. The Kier molecular flexibility index (Phi) is 3.30. The Hall–Kier alpha value is -2.10. The van der Waals surface area contributed by atoms with Crippen LogP contribution < -0.4 is 5.32 Å². The number of hydrogen-bond acceptors (Lipinski definition) is 2. The molecule has 0 aliphatic carbocycles. The molecule has 1 N–H and O–H groups in total. The third-order valence-corrected chi connectivity index (χ3v) is 3.97. The number of nitrogens with one attached hydrogen (secondary N) is 1. The molecule has 2 aromatic rings. The highest BCUT2D eigenvalue weighted by Gasteiger charge is 2.25. The standard InChI is InChI=1S/C16H19N3O/c1-11-3-4-12(2)14(9-11)18-16(20)13-5-7-19-8-6-17-15(19)10-13/h3-4,6,8-9,13H,5,7,10H2,1-2H3,(H,18,20). The number of rotatable bonds is 2. The molecule has 20 heavy (non-hydrogen) atoms. The Morgan fingerprint density at radius 2 is 2.25 bits per heavy atom. The van der Waals surface area contributed by atoms with Crippen LogP contribution >= 0.6 is 0 Å². The summed E-state index contributed by atoms with van der Waals surface area (Å²) in [5.41, 5.74) is 3.18. The molecule has 2 heterocycles. The third-order valence-electron chi connectivity index (χ3n) is 3.97. The van der Waals surface area contributed by atoms with Crippen LogP contribution in [0, 0.1) is 19.8 Å². The van der Waals surface area contributed by atoms with E-state index in [9.17, 15) is 4.79 Å². The van der Waals surface area contributed by atoms with Crippen molar-refractivity contribution < 1.29 is 4.79 Å². The van der Waals surface area contributed by atoms with Crippen LogP contribution in [-0.4, -0.2) is 15.5 Å². The fourth-order valence-corrected chi connectivity index (χ4v) is 2.68. The van der Waals surface area contributed by atoms with E-state index < -0.39 is 0 Å². The number of fused-ring (bicyclic) bond motifs is 1. The van der Waals surface area contributed by atoms with Crippen molar-refractivity contribution in [1.82, 2.24) is 9.55 Å². The zero-order valence-corrected chi connectivity index (χ0v) is 11.9. The van der Waals surface area contributed by atoms with Crippen molar-refractivity contribution in [2.75, 3.05) is 5.32 Å². The lowest BCUT2D eigenvalue weighted by atomic mass is 9.96. The van der Waals surface area contributed by atoms with Crippen LogP contribution in [0.25, 0.3) is 0 Å². The van der Waals surface area contributed by atoms with Crippen molar-refractivity contribution in [2.24, 2.45) is 5.92 Å². The summed E-state index contributed by atoms with van der Waals surface area (Å²) in [6.07, 6.45) is 5.39. The van der Waals surface area contributed by atoms with Crippen molar-refractivity contribution >= 4 is 11.6 Å². The molecule has 1 amide bonds. The molecule has 1 atom stereocenters. The fourth-order valence-electron chi connectivity index (χ4n) is 2.68. The number of carbonyl (C=O) groups excluding carboxylic acids is 1. The maximum absolute atomic E-state index is 12.4. The largest absolute Gasteiger partial charge is 0.335 e. The SMILES string of the molecule is Cc1ccc(C)c(NC(=O)C2CCn3ccnc3C2)c1. The first kappa shape index (κ1) is 12.9. The maximum Gasteiger partial charge on any atom is 0.228 e. The number of amides is 1. The van der Waals surface area contributed by atoms with E-state index in [4.69, 9.17) is 0 Å². The van der Waals surface area contributed by atoms with E-state index in [1.165, 1.54) is 0 Å². The van der Waals surface area contributed by atoms with Crippen LogP contribution in [0.1, 0.15) is 23.4 Å². The summed E-state index contributed by atoms with van der Waals surface area (Å²) in [6.45, 7) is 4.93. The number of carbonyl (C=O) groups is 1. The molecule has 0 fully saturated rings. The molecule has 1 unspecified atom stereocenters. The van der Waals surface area contributed by atoms with Gasteiger partial charge in [-0.3, -0.25) is 4.79 Å². The molecule has 3 rings (SSSR count). The van der Waals surface area contributed by atoms with Crippen molar-refractivity contribution in [3.05, 3.63) is 47.5 Å². The zero-order chi connectivity index (χ0) is 14.1. The third kappa shape index (κ3) is 2.46. The lowest BCUT2D eigenvalue weighted by molar-refractivity contribution is -0.120. The van der Waals surface area contributed by atoms with Gasteiger partial charge in [0.05, 0.1) is 0 Å². The molecule has 0 spiro atoms. The van der Waals surface area contributed by atoms with Crippen molar-refractivity contribution in [2.45, 2.75) is 33.2 Å². The second-order valence-electron chi connectivity index (χ2n) is 5.53. The zero-order valence-electron chi connectivity index (χ0n) is 11.9. The first-order chi connectivity index (χ1) is 9.63. The minimum Gasteiger partial charge on any atom is -0.335 e. The van der Waals surface area contributed by atoms with Gasteiger partial charge in [-0.2, -0.15) is 0 Å². The van der Waals surface area contributed by atoms with Crippen molar-refractivity contribution in [1.29, 1.82) is 0 Å². The monoisotopic (exact) mass is 269 g/mol. The van der Waals surface area contributed by atoms with E-state index in [1.54, 1.807) is 6.20 Å². The van der Waals surface area contributed by atoms with Gasteiger partial charge in [-0.1, -0.05) is 12.1 Å². The summed E-state index contributed by atoms with van der Waals surface area (Å²) < 4.78 is 2.13. The van der Waals surface area contributed by atoms with Crippen LogP contribution in [0.5, 0.6) is 0 Å². The van der Waals surface area contributed by atoms with E-state index in [-0.39, 0.29) is 11.8 Å². The van der Waals surface area contributed by atoms with Crippen LogP contribution in [0.3, 0.4) is 0 Å². The van der Waals surface area contributed by atoms with Gasteiger partial charge in [0, 0.05) is 37.0 Å². The highest BCUT2D eigenvalue weighted by atomic mass is 16.1. The Bertz CT molecular complexity index is 645. The summed E-state index contributed by atoms with van der Waals surface area (Å²) in [6, 6.07) is 6.12. The van der Waals surface area contributed by atoms with Crippen molar-refractivity contribution in [3.63, 3.8) is 0 Å². The summed E-state index contributed by atoms with van der Waals surface area (Å²) in [4.78, 5) is 16.7. The van der Waals surface area contributed by atoms with E-state index in [0.717, 1.165) is 42.0 Å². The summed E-state index contributed by atoms with van der Waals surface area (Å²) in [5, 5.41) is 3.07. The molecule has 0 saturated heterocycles. The van der Waals surface area contributed by atoms with Gasteiger partial charge in [0.25, 0.3) is 0 Å². The van der Waals surface area contributed by atoms with Gasteiger partial charge in [-0.25, -0.2) is 4.98 Å². The van der Waals surface area contributed by atoms with Crippen LogP contribution in [-0.2, 0) is 17.8 Å². The van der Waals surface area contributed by atoms with Gasteiger partial charge >= 0.3 is 0 Å². The molecule has 1 aliphatic heterocycles. The minimum absolute atomic E-state index is 0.0183. The second-order valence-corrected chi connectivity index (χ2v) is 5.53. The van der Waals surface area contributed by atoms with E-state index in [2.05, 4.69) is 20.9 Å². The Balaban J connectivity index is 1.73. The molecular weight excluding hydrogens is 250 g/mol. The quantitative estimate of drug-likeness (QED) is 0.911. The number of anilines is 1.